The molecule has 152 valence electrons. The number of carbonyl (C=O) groups is 1. The Hall–Kier alpha value is -1.51. The first-order valence-electron chi connectivity index (χ1n) is 9.44. The summed E-state index contributed by atoms with van der Waals surface area (Å²) in [5.74, 6) is 2.29. The van der Waals surface area contributed by atoms with Gasteiger partial charge in [-0.2, -0.15) is 0 Å². The van der Waals surface area contributed by atoms with Gasteiger partial charge in [-0.05, 0) is 43.7 Å². The van der Waals surface area contributed by atoms with E-state index in [4.69, 9.17) is 4.74 Å². The van der Waals surface area contributed by atoms with E-state index in [1.165, 1.54) is 18.4 Å². The molecule has 0 saturated heterocycles. The third kappa shape index (κ3) is 8.81. The van der Waals surface area contributed by atoms with E-state index >= 15 is 0 Å². The molecule has 1 amide bonds. The average Bonchev–Trinajstić information content (AvgIpc) is 3.44. The molecule has 0 aliphatic heterocycles. The average molecular weight is 488 g/mol. The molecule has 0 unspecified atom stereocenters. The topological polar surface area (TPSA) is 66.0 Å². The number of nitrogens with zero attached hydrogens (tertiary/aromatic N) is 2. The van der Waals surface area contributed by atoms with E-state index in [2.05, 4.69) is 47.7 Å². The summed E-state index contributed by atoms with van der Waals surface area (Å²) >= 11 is 0. The van der Waals surface area contributed by atoms with Crippen molar-refractivity contribution in [2.24, 2.45) is 10.9 Å². The SMILES string of the molecule is CCCNC(=NCc1ccc(C)cc1OCC1CC1)NCC(=O)N(C)C.I. The number of aliphatic imine (C=N–C) groups is 1. The molecular weight excluding hydrogens is 455 g/mol. The molecule has 0 radical (unpaired) electrons. The number of hydrogen-bond acceptors (Lipinski definition) is 3. The van der Waals surface area contributed by atoms with Crippen molar-refractivity contribution in [2.45, 2.75) is 39.7 Å². The molecule has 1 aliphatic rings. The highest BCUT2D eigenvalue weighted by Gasteiger charge is 2.22. The van der Waals surface area contributed by atoms with Crippen LogP contribution in [0.4, 0.5) is 0 Å². The molecule has 6 nitrogen and oxygen atoms in total. The maximum atomic E-state index is 11.8. The Morgan fingerprint density at radius 2 is 2.04 bits per heavy atom. The van der Waals surface area contributed by atoms with Crippen LogP contribution in [0.3, 0.4) is 0 Å². The summed E-state index contributed by atoms with van der Waals surface area (Å²) in [6.07, 6.45) is 3.53. The van der Waals surface area contributed by atoms with E-state index in [0.717, 1.165) is 30.9 Å². The van der Waals surface area contributed by atoms with E-state index in [9.17, 15) is 4.79 Å². The molecule has 1 aromatic carbocycles. The molecule has 2 rings (SSSR count). The van der Waals surface area contributed by atoms with Crippen molar-refractivity contribution in [2.75, 3.05) is 33.8 Å². The second-order valence-electron chi connectivity index (χ2n) is 7.10. The number of likely N-dealkylation sites (N-methyl/N-ethyl adjacent to an activating group) is 1. The summed E-state index contributed by atoms with van der Waals surface area (Å²) in [5.41, 5.74) is 2.25. The fourth-order valence-electron chi connectivity index (χ4n) is 2.32. The van der Waals surface area contributed by atoms with Gasteiger partial charge in [-0.25, -0.2) is 4.99 Å². The van der Waals surface area contributed by atoms with Gasteiger partial charge in [0.1, 0.15) is 5.75 Å². The van der Waals surface area contributed by atoms with Gasteiger partial charge in [0.2, 0.25) is 5.91 Å². The Balaban J connectivity index is 0.00000364. The smallest absolute Gasteiger partial charge is 0.241 e. The number of carbonyl (C=O) groups excluding carboxylic acids is 1. The third-order valence-electron chi connectivity index (χ3n) is 4.25. The predicted octanol–water partition coefficient (Wildman–Crippen LogP) is 2.94. The van der Waals surface area contributed by atoms with Crippen LogP contribution in [-0.4, -0.2) is 50.6 Å². The second-order valence-corrected chi connectivity index (χ2v) is 7.10. The molecule has 1 aliphatic carbocycles. The van der Waals surface area contributed by atoms with Gasteiger partial charge in [0.25, 0.3) is 0 Å². The summed E-state index contributed by atoms with van der Waals surface area (Å²) in [7, 11) is 3.49. The van der Waals surface area contributed by atoms with Crippen LogP contribution in [0.15, 0.2) is 23.2 Å². The minimum atomic E-state index is 0. The highest BCUT2D eigenvalue weighted by atomic mass is 127. The van der Waals surface area contributed by atoms with Gasteiger partial charge in [-0.15, -0.1) is 24.0 Å². The molecule has 0 atom stereocenters. The van der Waals surface area contributed by atoms with Crippen LogP contribution in [0, 0.1) is 12.8 Å². The summed E-state index contributed by atoms with van der Waals surface area (Å²) in [5, 5.41) is 6.36. The molecule has 0 aromatic heterocycles. The van der Waals surface area contributed by atoms with Crippen LogP contribution < -0.4 is 15.4 Å². The van der Waals surface area contributed by atoms with Crippen molar-refractivity contribution < 1.29 is 9.53 Å². The minimum absolute atomic E-state index is 0. The standard InChI is InChI=1S/C20H32N4O2.HI/c1-5-10-21-20(23-13-19(25)24(3)4)22-12-17-9-6-15(2)11-18(17)26-14-16-7-8-16;/h6,9,11,16H,5,7-8,10,12-14H2,1-4H3,(H2,21,22,23);1H. The molecular formula is C20H33IN4O2. The molecule has 1 fully saturated rings. The number of aryl methyl sites for hydroxylation is 1. The Kier molecular flexibility index (Phi) is 10.5. The quantitative estimate of drug-likeness (QED) is 0.319. The van der Waals surface area contributed by atoms with E-state index < -0.39 is 0 Å². The molecule has 1 aromatic rings. The summed E-state index contributed by atoms with van der Waals surface area (Å²) < 4.78 is 6.01. The van der Waals surface area contributed by atoms with Crippen LogP contribution in [0.2, 0.25) is 0 Å². The van der Waals surface area contributed by atoms with Gasteiger partial charge >= 0.3 is 0 Å². The molecule has 1 saturated carbocycles. The lowest BCUT2D eigenvalue weighted by Crippen LogP contribution is -2.43. The largest absolute Gasteiger partial charge is 0.493 e. The fourth-order valence-corrected chi connectivity index (χ4v) is 2.32. The van der Waals surface area contributed by atoms with Gasteiger partial charge in [-0.3, -0.25) is 4.79 Å². The normalized spacial score (nSPS) is 13.6. The third-order valence-corrected chi connectivity index (χ3v) is 4.25. The Labute approximate surface area is 180 Å². The predicted molar refractivity (Wildman–Crippen MR) is 121 cm³/mol. The highest BCUT2D eigenvalue weighted by Crippen LogP contribution is 2.30. The first kappa shape index (κ1) is 23.5. The maximum Gasteiger partial charge on any atom is 0.241 e. The Bertz CT molecular complexity index is 630. The second kappa shape index (κ2) is 12.0. The molecule has 7 heteroatoms. The first-order chi connectivity index (χ1) is 12.5. The van der Waals surface area contributed by atoms with E-state index in [1.807, 2.05) is 0 Å². The van der Waals surface area contributed by atoms with Crippen LogP contribution in [-0.2, 0) is 11.3 Å². The molecule has 2 N–H and O–H groups in total. The summed E-state index contributed by atoms with van der Waals surface area (Å²) in [6, 6.07) is 6.23. The fraction of sp³-hybridized carbons (Fsp3) is 0.600. The van der Waals surface area contributed by atoms with E-state index in [0.29, 0.717) is 18.4 Å². The van der Waals surface area contributed by atoms with Crippen molar-refractivity contribution in [1.29, 1.82) is 0 Å². The van der Waals surface area contributed by atoms with Crippen LogP contribution >= 0.6 is 24.0 Å². The number of hydrogen-bond donors (Lipinski definition) is 2. The van der Waals surface area contributed by atoms with Crippen molar-refractivity contribution in [3.8, 4) is 5.75 Å². The summed E-state index contributed by atoms with van der Waals surface area (Å²) in [6.45, 7) is 6.49. The number of amides is 1. The number of ether oxygens (including phenoxy) is 1. The molecule has 0 spiro atoms. The number of rotatable bonds is 9. The van der Waals surface area contributed by atoms with Crippen molar-refractivity contribution >= 4 is 35.8 Å². The Morgan fingerprint density at radius 1 is 1.30 bits per heavy atom. The first-order valence-corrected chi connectivity index (χ1v) is 9.44. The van der Waals surface area contributed by atoms with Gasteiger partial charge in [0, 0.05) is 26.2 Å². The lowest BCUT2D eigenvalue weighted by Gasteiger charge is -2.15. The monoisotopic (exact) mass is 488 g/mol. The minimum Gasteiger partial charge on any atom is -0.493 e. The van der Waals surface area contributed by atoms with Crippen molar-refractivity contribution in [3.63, 3.8) is 0 Å². The number of halogens is 1. The van der Waals surface area contributed by atoms with E-state index in [-0.39, 0.29) is 36.4 Å². The number of nitrogens with one attached hydrogen (secondary N) is 2. The molecule has 0 bridgehead atoms. The van der Waals surface area contributed by atoms with Gasteiger partial charge in [0.05, 0.1) is 19.7 Å². The summed E-state index contributed by atoms with van der Waals surface area (Å²) in [4.78, 5) is 18.0. The molecule has 27 heavy (non-hydrogen) atoms. The van der Waals surface area contributed by atoms with Crippen LogP contribution in [0.25, 0.3) is 0 Å². The van der Waals surface area contributed by atoms with Crippen LogP contribution in [0.1, 0.15) is 37.3 Å². The Morgan fingerprint density at radius 3 is 2.67 bits per heavy atom. The number of guanidine groups is 1. The zero-order valence-corrected chi connectivity index (χ0v) is 19.2. The zero-order valence-electron chi connectivity index (χ0n) is 16.9. The van der Waals surface area contributed by atoms with Gasteiger partial charge in [0.15, 0.2) is 5.96 Å². The molecule has 0 heterocycles. The van der Waals surface area contributed by atoms with Crippen LogP contribution in [0.5, 0.6) is 5.75 Å². The van der Waals surface area contributed by atoms with Crippen molar-refractivity contribution in [3.05, 3.63) is 29.3 Å². The highest BCUT2D eigenvalue weighted by molar-refractivity contribution is 14.0. The number of benzene rings is 1. The van der Waals surface area contributed by atoms with E-state index in [1.54, 1.807) is 19.0 Å². The maximum absolute atomic E-state index is 11.8. The van der Waals surface area contributed by atoms with Gasteiger partial charge < -0.3 is 20.3 Å². The zero-order chi connectivity index (χ0) is 18.9. The van der Waals surface area contributed by atoms with Crippen molar-refractivity contribution in [1.82, 2.24) is 15.5 Å². The lowest BCUT2D eigenvalue weighted by molar-refractivity contribution is -0.127. The van der Waals surface area contributed by atoms with Gasteiger partial charge in [-0.1, -0.05) is 19.1 Å². The lowest BCUT2D eigenvalue weighted by atomic mass is 10.1.